The fourth-order valence-corrected chi connectivity index (χ4v) is 1.55. The molecule has 0 bridgehead atoms. The molecule has 1 unspecified atom stereocenters. The van der Waals surface area contributed by atoms with E-state index in [4.69, 9.17) is 4.74 Å². The van der Waals surface area contributed by atoms with Crippen LogP contribution in [0.2, 0.25) is 0 Å². The van der Waals surface area contributed by atoms with E-state index in [1.54, 1.807) is 0 Å². The predicted molar refractivity (Wildman–Crippen MR) is 66.8 cm³/mol. The molecule has 0 fully saturated rings. The zero-order valence-corrected chi connectivity index (χ0v) is 10.2. The van der Waals surface area contributed by atoms with Crippen LogP contribution in [0.15, 0.2) is 30.3 Å². The third-order valence-electron chi connectivity index (χ3n) is 2.54. The maximum atomic E-state index is 10.8. The van der Waals surface area contributed by atoms with Gasteiger partial charge < -0.3 is 9.53 Å². The number of aldehydes is 1. The number of benzene rings is 1. The van der Waals surface area contributed by atoms with Gasteiger partial charge in [-0.05, 0) is 18.4 Å². The second-order valence-electron chi connectivity index (χ2n) is 4.02. The number of hydrogen-bond acceptors (Lipinski definition) is 4. The van der Waals surface area contributed by atoms with Crippen molar-refractivity contribution in [1.82, 2.24) is 0 Å². The lowest BCUT2D eigenvalue weighted by atomic mass is 10.1. The van der Waals surface area contributed by atoms with Crippen LogP contribution in [0.1, 0.15) is 24.8 Å². The van der Waals surface area contributed by atoms with Crippen molar-refractivity contribution >= 4 is 6.29 Å². The second kappa shape index (κ2) is 8.36. The highest BCUT2D eigenvalue weighted by atomic mass is 16.6. The second-order valence-corrected chi connectivity index (χ2v) is 4.02. The van der Waals surface area contributed by atoms with Gasteiger partial charge in [0.1, 0.15) is 12.4 Å². The van der Waals surface area contributed by atoms with Crippen LogP contribution in [0.5, 0.6) is 0 Å². The average Bonchev–Trinajstić information content (AvgIpc) is 2.39. The zero-order valence-electron chi connectivity index (χ0n) is 10.2. The summed E-state index contributed by atoms with van der Waals surface area (Å²) in [7, 11) is 0. The summed E-state index contributed by atoms with van der Waals surface area (Å²) in [6, 6.07) is 9.58. The molecule has 1 rings (SSSR count). The summed E-state index contributed by atoms with van der Waals surface area (Å²) >= 11 is 0. The first-order valence-corrected chi connectivity index (χ1v) is 5.95. The van der Waals surface area contributed by atoms with E-state index in [1.165, 1.54) is 0 Å². The summed E-state index contributed by atoms with van der Waals surface area (Å²) in [5.41, 5.74) is 1.01. The minimum absolute atomic E-state index is 0.0513. The van der Waals surface area contributed by atoms with Crippen LogP contribution in [-0.4, -0.2) is 23.9 Å². The molecule has 1 aromatic carbocycles. The highest BCUT2D eigenvalue weighted by Gasteiger charge is 2.08. The van der Waals surface area contributed by atoms with Gasteiger partial charge in [0.25, 0.3) is 0 Å². The molecule has 5 nitrogen and oxygen atoms in total. The first-order chi connectivity index (χ1) is 8.72. The van der Waals surface area contributed by atoms with Crippen LogP contribution >= 0.6 is 0 Å². The quantitative estimate of drug-likeness (QED) is 0.292. The van der Waals surface area contributed by atoms with Crippen molar-refractivity contribution in [3.05, 3.63) is 46.0 Å². The number of nitrogens with zero attached hydrogens (tertiary/aromatic N) is 1. The lowest BCUT2D eigenvalue weighted by molar-refractivity contribution is -0.480. The van der Waals surface area contributed by atoms with Gasteiger partial charge in [-0.2, -0.15) is 0 Å². The Bertz CT molecular complexity index is 367. The molecule has 0 aliphatic carbocycles. The zero-order chi connectivity index (χ0) is 13.2. The molecule has 0 aromatic heterocycles. The van der Waals surface area contributed by atoms with Gasteiger partial charge in [0.2, 0.25) is 6.54 Å². The Morgan fingerprint density at radius 2 is 2.00 bits per heavy atom. The van der Waals surface area contributed by atoms with E-state index in [2.05, 4.69) is 0 Å². The summed E-state index contributed by atoms with van der Waals surface area (Å²) in [5.74, 6) is 0. The van der Waals surface area contributed by atoms with Gasteiger partial charge in [0, 0.05) is 11.3 Å². The fraction of sp³-hybridized carbons (Fsp3) is 0.462. The van der Waals surface area contributed by atoms with Crippen molar-refractivity contribution < 1.29 is 14.5 Å². The number of rotatable bonds is 9. The third-order valence-corrected chi connectivity index (χ3v) is 2.54. The highest BCUT2D eigenvalue weighted by molar-refractivity contribution is 5.55. The minimum Gasteiger partial charge on any atom is -0.366 e. The lowest BCUT2D eigenvalue weighted by Crippen LogP contribution is -2.15. The number of unbranched alkanes of at least 4 members (excludes halogenated alkanes) is 1. The number of carbonyl (C=O) groups excluding carboxylic acids is 1. The monoisotopic (exact) mass is 251 g/mol. The summed E-state index contributed by atoms with van der Waals surface area (Å²) in [5, 5.41) is 10.1. The molecule has 1 atom stereocenters. The predicted octanol–water partition coefficient (Wildman–Crippen LogP) is 2.22. The normalized spacial score (nSPS) is 12.0. The molecule has 0 amide bonds. The van der Waals surface area contributed by atoms with E-state index in [0.717, 1.165) is 11.8 Å². The van der Waals surface area contributed by atoms with Gasteiger partial charge in [-0.3, -0.25) is 10.1 Å². The molecule has 1 aromatic rings. The molecule has 98 valence electrons. The van der Waals surface area contributed by atoms with Crippen molar-refractivity contribution in [3.8, 4) is 0 Å². The first-order valence-electron chi connectivity index (χ1n) is 5.95. The SMILES string of the molecule is O=CC(CCCC[N+](=O)[O-])OCc1ccccc1. The smallest absolute Gasteiger partial charge is 0.203 e. The van der Waals surface area contributed by atoms with Crippen LogP contribution in [0.25, 0.3) is 0 Å². The molecule has 5 heteroatoms. The molecule has 0 aliphatic rings. The molecule has 0 spiro atoms. The van der Waals surface area contributed by atoms with Crippen LogP contribution in [0, 0.1) is 10.1 Å². The van der Waals surface area contributed by atoms with E-state index in [1.807, 2.05) is 30.3 Å². The Hall–Kier alpha value is -1.75. The van der Waals surface area contributed by atoms with Crippen LogP contribution in [-0.2, 0) is 16.1 Å². The van der Waals surface area contributed by atoms with E-state index in [-0.39, 0.29) is 11.5 Å². The topological polar surface area (TPSA) is 69.4 Å². The van der Waals surface area contributed by atoms with Crippen molar-refractivity contribution in [3.63, 3.8) is 0 Å². The number of ether oxygens (including phenoxy) is 1. The largest absolute Gasteiger partial charge is 0.366 e. The van der Waals surface area contributed by atoms with Gasteiger partial charge in [-0.1, -0.05) is 30.3 Å². The van der Waals surface area contributed by atoms with Gasteiger partial charge in [-0.15, -0.1) is 0 Å². The number of nitro groups is 1. The number of carbonyl (C=O) groups is 1. The Labute approximate surface area is 106 Å². The van der Waals surface area contributed by atoms with Gasteiger partial charge in [0.05, 0.1) is 6.61 Å². The van der Waals surface area contributed by atoms with Gasteiger partial charge >= 0.3 is 0 Å². The molecule has 18 heavy (non-hydrogen) atoms. The first kappa shape index (κ1) is 14.3. The molecule has 0 heterocycles. The van der Waals surface area contributed by atoms with E-state index in [0.29, 0.717) is 25.9 Å². The molecule has 0 N–H and O–H groups in total. The molecule has 0 radical (unpaired) electrons. The van der Waals surface area contributed by atoms with Crippen molar-refractivity contribution in [2.75, 3.05) is 6.54 Å². The average molecular weight is 251 g/mol. The van der Waals surface area contributed by atoms with Gasteiger partial charge in [-0.25, -0.2) is 0 Å². The highest BCUT2D eigenvalue weighted by Crippen LogP contribution is 2.07. The molecule has 0 saturated heterocycles. The van der Waals surface area contributed by atoms with Crippen molar-refractivity contribution in [2.24, 2.45) is 0 Å². The van der Waals surface area contributed by atoms with E-state index in [9.17, 15) is 14.9 Å². The third kappa shape index (κ3) is 6.10. The fourth-order valence-electron chi connectivity index (χ4n) is 1.55. The molecular weight excluding hydrogens is 234 g/mol. The maximum Gasteiger partial charge on any atom is 0.203 e. The maximum absolute atomic E-state index is 10.8. The summed E-state index contributed by atoms with van der Waals surface area (Å²) in [6.45, 7) is 0.337. The number of hydrogen-bond donors (Lipinski definition) is 0. The Balaban J connectivity index is 2.21. The molecule has 0 saturated carbocycles. The van der Waals surface area contributed by atoms with Crippen molar-refractivity contribution in [1.29, 1.82) is 0 Å². The Morgan fingerprint density at radius 1 is 1.28 bits per heavy atom. The Morgan fingerprint density at radius 3 is 2.61 bits per heavy atom. The van der Waals surface area contributed by atoms with E-state index < -0.39 is 6.10 Å². The minimum atomic E-state index is -0.475. The van der Waals surface area contributed by atoms with Crippen LogP contribution in [0.4, 0.5) is 0 Å². The molecular formula is C13H17NO4. The summed E-state index contributed by atoms with van der Waals surface area (Å²) < 4.78 is 5.45. The van der Waals surface area contributed by atoms with E-state index >= 15 is 0 Å². The van der Waals surface area contributed by atoms with Crippen LogP contribution in [0.3, 0.4) is 0 Å². The molecule has 0 aliphatic heterocycles. The summed E-state index contributed by atoms with van der Waals surface area (Å²) in [4.78, 5) is 20.6. The summed E-state index contributed by atoms with van der Waals surface area (Å²) in [6.07, 6.45) is 1.92. The standard InChI is InChI=1S/C13H17NO4/c15-10-13(8-4-5-9-14(16)17)18-11-12-6-2-1-3-7-12/h1-3,6-7,10,13H,4-5,8-9,11H2. The van der Waals surface area contributed by atoms with Gasteiger partial charge in [0.15, 0.2) is 0 Å². The van der Waals surface area contributed by atoms with Crippen LogP contribution < -0.4 is 0 Å². The van der Waals surface area contributed by atoms with Crippen molar-refractivity contribution in [2.45, 2.75) is 32.0 Å². The lowest BCUT2D eigenvalue weighted by Gasteiger charge is -2.11. The Kier molecular flexibility index (Phi) is 6.64.